The fraction of sp³-hybridized carbons (Fsp3) is 0.267. The molecule has 6 heteroatoms. The topological polar surface area (TPSA) is 92.7 Å². The molecule has 112 valence electrons. The second-order valence-corrected chi connectivity index (χ2v) is 4.73. The molecule has 0 atom stereocenters. The van der Waals surface area contributed by atoms with Crippen molar-refractivity contribution in [3.63, 3.8) is 0 Å². The van der Waals surface area contributed by atoms with Gasteiger partial charge < -0.3 is 15.2 Å². The first kappa shape index (κ1) is 16.4. The van der Waals surface area contributed by atoms with E-state index >= 15 is 0 Å². The van der Waals surface area contributed by atoms with Gasteiger partial charge >= 0.3 is 11.9 Å². The molecule has 0 radical (unpaired) electrons. The maximum absolute atomic E-state index is 11.7. The summed E-state index contributed by atoms with van der Waals surface area (Å²) < 4.78 is 5.07. The average Bonchev–Trinajstić information content (AvgIpc) is 2.43. The van der Waals surface area contributed by atoms with Crippen LogP contribution in [0.4, 0.5) is 5.69 Å². The predicted octanol–water partition coefficient (Wildman–Crippen LogP) is 2.08. The molecule has 0 saturated carbocycles. The predicted molar refractivity (Wildman–Crippen MR) is 77.0 cm³/mol. The molecular formula is C15H17NO5. The normalized spacial score (nSPS) is 10.6. The van der Waals surface area contributed by atoms with Crippen LogP contribution in [0.15, 0.2) is 36.4 Å². The molecule has 0 aliphatic heterocycles. The summed E-state index contributed by atoms with van der Waals surface area (Å²) in [5.41, 5.74) is 0.838. The van der Waals surface area contributed by atoms with Crippen molar-refractivity contribution < 1.29 is 24.2 Å². The van der Waals surface area contributed by atoms with E-state index in [0.717, 1.165) is 12.2 Å². The zero-order valence-corrected chi connectivity index (χ0v) is 11.8. The molecule has 2 N–H and O–H groups in total. The minimum Gasteiger partial charge on any atom is -0.478 e. The second kappa shape index (κ2) is 7.84. The van der Waals surface area contributed by atoms with Crippen LogP contribution in [-0.4, -0.2) is 29.6 Å². The van der Waals surface area contributed by atoms with E-state index in [0.29, 0.717) is 17.9 Å². The highest BCUT2D eigenvalue weighted by molar-refractivity contribution is 6.02. The highest BCUT2D eigenvalue weighted by Crippen LogP contribution is 2.11. The van der Waals surface area contributed by atoms with Crippen LogP contribution in [0, 0.1) is 5.92 Å². The molecule has 0 aromatic heterocycles. The van der Waals surface area contributed by atoms with Gasteiger partial charge in [-0.15, -0.1) is 0 Å². The fourth-order valence-electron chi connectivity index (χ4n) is 1.35. The van der Waals surface area contributed by atoms with Crippen molar-refractivity contribution in [2.24, 2.45) is 5.92 Å². The number of hydrogen-bond donors (Lipinski definition) is 2. The van der Waals surface area contributed by atoms with Gasteiger partial charge in [0, 0.05) is 17.8 Å². The molecule has 1 aromatic rings. The number of carbonyl (C=O) groups excluding carboxylic acids is 2. The Kier molecular flexibility index (Phi) is 6.13. The lowest BCUT2D eigenvalue weighted by molar-refractivity contribution is -0.131. The number of carbonyl (C=O) groups is 3. The Bertz CT molecular complexity index is 546. The Morgan fingerprint density at radius 3 is 2.33 bits per heavy atom. The van der Waals surface area contributed by atoms with E-state index < -0.39 is 17.8 Å². The Labute approximate surface area is 122 Å². The van der Waals surface area contributed by atoms with Crippen LogP contribution in [-0.2, 0) is 14.3 Å². The standard InChI is InChI=1S/C15H17NO5/c1-10(2)9-21-15(20)11-3-5-12(6-4-11)16-13(17)7-8-14(18)19/h3-8,10H,9H2,1-2H3,(H,16,17)(H,18,19)/b8-7-. The third-order valence-electron chi connectivity index (χ3n) is 2.31. The largest absolute Gasteiger partial charge is 0.478 e. The van der Waals surface area contributed by atoms with E-state index in [2.05, 4.69) is 5.32 Å². The molecule has 0 fully saturated rings. The molecule has 6 nitrogen and oxygen atoms in total. The van der Waals surface area contributed by atoms with E-state index in [9.17, 15) is 14.4 Å². The Morgan fingerprint density at radius 1 is 1.19 bits per heavy atom. The first-order valence-corrected chi connectivity index (χ1v) is 6.37. The van der Waals surface area contributed by atoms with Crippen molar-refractivity contribution in [2.45, 2.75) is 13.8 Å². The third-order valence-corrected chi connectivity index (χ3v) is 2.31. The monoisotopic (exact) mass is 291 g/mol. The van der Waals surface area contributed by atoms with Crippen molar-refractivity contribution >= 4 is 23.5 Å². The number of amides is 1. The van der Waals surface area contributed by atoms with Gasteiger partial charge in [-0.3, -0.25) is 4.79 Å². The van der Waals surface area contributed by atoms with Crippen LogP contribution in [0.5, 0.6) is 0 Å². The van der Waals surface area contributed by atoms with Gasteiger partial charge in [0.15, 0.2) is 0 Å². The smallest absolute Gasteiger partial charge is 0.338 e. The number of aliphatic carboxylic acids is 1. The van der Waals surface area contributed by atoms with Crippen molar-refractivity contribution in [3.05, 3.63) is 42.0 Å². The summed E-state index contributed by atoms with van der Waals surface area (Å²) in [7, 11) is 0. The summed E-state index contributed by atoms with van der Waals surface area (Å²) >= 11 is 0. The van der Waals surface area contributed by atoms with Crippen LogP contribution in [0.1, 0.15) is 24.2 Å². The molecule has 0 unspecified atom stereocenters. The van der Waals surface area contributed by atoms with E-state index in [1.807, 2.05) is 13.8 Å². The number of ether oxygens (including phenoxy) is 1. The molecule has 1 aromatic carbocycles. The summed E-state index contributed by atoms with van der Waals surface area (Å²) in [6, 6.07) is 6.13. The van der Waals surface area contributed by atoms with Crippen molar-refractivity contribution in [1.82, 2.24) is 0 Å². The summed E-state index contributed by atoms with van der Waals surface area (Å²) in [5, 5.41) is 10.9. The molecule has 0 aliphatic rings. The molecule has 0 saturated heterocycles. The average molecular weight is 291 g/mol. The summed E-state index contributed by atoms with van der Waals surface area (Å²) in [4.78, 5) is 33.3. The maximum atomic E-state index is 11.7. The number of carboxylic acids is 1. The quantitative estimate of drug-likeness (QED) is 0.618. The highest BCUT2D eigenvalue weighted by Gasteiger charge is 2.08. The van der Waals surface area contributed by atoms with E-state index in [1.54, 1.807) is 12.1 Å². The first-order chi connectivity index (χ1) is 9.88. The van der Waals surface area contributed by atoms with Gasteiger partial charge in [-0.05, 0) is 30.2 Å². The molecular weight excluding hydrogens is 274 g/mol. The van der Waals surface area contributed by atoms with Gasteiger partial charge in [-0.25, -0.2) is 9.59 Å². The Hall–Kier alpha value is -2.63. The van der Waals surface area contributed by atoms with Gasteiger partial charge in [0.1, 0.15) is 0 Å². The fourth-order valence-corrected chi connectivity index (χ4v) is 1.35. The molecule has 0 heterocycles. The minimum absolute atomic E-state index is 0.258. The first-order valence-electron chi connectivity index (χ1n) is 6.37. The third kappa shape index (κ3) is 6.38. The van der Waals surface area contributed by atoms with Gasteiger partial charge in [0.25, 0.3) is 0 Å². The van der Waals surface area contributed by atoms with Gasteiger partial charge in [-0.2, -0.15) is 0 Å². The van der Waals surface area contributed by atoms with Crippen LogP contribution in [0.25, 0.3) is 0 Å². The van der Waals surface area contributed by atoms with E-state index in [1.165, 1.54) is 12.1 Å². The van der Waals surface area contributed by atoms with Crippen molar-refractivity contribution in [3.8, 4) is 0 Å². The SMILES string of the molecule is CC(C)COC(=O)c1ccc(NC(=O)/C=C\C(=O)O)cc1. The van der Waals surface area contributed by atoms with Gasteiger partial charge in [-0.1, -0.05) is 13.8 Å². The lowest BCUT2D eigenvalue weighted by atomic mass is 10.2. The zero-order chi connectivity index (χ0) is 15.8. The second-order valence-electron chi connectivity index (χ2n) is 4.73. The maximum Gasteiger partial charge on any atom is 0.338 e. The van der Waals surface area contributed by atoms with E-state index in [4.69, 9.17) is 9.84 Å². The zero-order valence-electron chi connectivity index (χ0n) is 11.8. The summed E-state index contributed by atoms with van der Waals surface area (Å²) in [6.07, 6.45) is 1.65. The molecule has 1 amide bonds. The van der Waals surface area contributed by atoms with E-state index in [-0.39, 0.29) is 5.92 Å². The lowest BCUT2D eigenvalue weighted by Gasteiger charge is -2.07. The number of hydrogen-bond acceptors (Lipinski definition) is 4. The van der Waals surface area contributed by atoms with Gasteiger partial charge in [0.05, 0.1) is 12.2 Å². The minimum atomic E-state index is -1.20. The van der Waals surface area contributed by atoms with Crippen molar-refractivity contribution in [1.29, 1.82) is 0 Å². The number of carboxylic acid groups (broad SMARTS) is 1. The summed E-state index contributed by atoms with van der Waals surface area (Å²) in [6.45, 7) is 4.23. The molecule has 1 rings (SSSR count). The van der Waals surface area contributed by atoms with Crippen molar-refractivity contribution in [2.75, 3.05) is 11.9 Å². The van der Waals surface area contributed by atoms with Gasteiger partial charge in [0.2, 0.25) is 5.91 Å². The molecule has 0 bridgehead atoms. The summed E-state index contributed by atoms with van der Waals surface area (Å²) in [5.74, 6) is -1.93. The van der Waals surface area contributed by atoms with Crippen LogP contribution in [0.2, 0.25) is 0 Å². The number of esters is 1. The molecule has 0 spiro atoms. The van der Waals surface area contributed by atoms with Crippen LogP contribution in [0.3, 0.4) is 0 Å². The number of benzene rings is 1. The Balaban J connectivity index is 2.59. The highest BCUT2D eigenvalue weighted by atomic mass is 16.5. The van der Waals surface area contributed by atoms with Crippen LogP contribution >= 0.6 is 0 Å². The molecule has 0 aliphatic carbocycles. The number of rotatable bonds is 6. The Morgan fingerprint density at radius 2 is 1.81 bits per heavy atom. The molecule has 21 heavy (non-hydrogen) atoms. The lowest BCUT2D eigenvalue weighted by Crippen LogP contribution is -2.11. The van der Waals surface area contributed by atoms with Crippen LogP contribution < -0.4 is 5.32 Å². The number of nitrogens with one attached hydrogen (secondary N) is 1. The number of anilines is 1.